The first kappa shape index (κ1) is 21.3. The van der Waals surface area contributed by atoms with Crippen LogP contribution in [0.2, 0.25) is 0 Å². The van der Waals surface area contributed by atoms with E-state index in [4.69, 9.17) is 0 Å². The van der Waals surface area contributed by atoms with Gasteiger partial charge in [0.05, 0.1) is 17.2 Å². The lowest BCUT2D eigenvalue weighted by atomic mass is 9.90. The molecule has 1 aliphatic heterocycles. The molecule has 29 heavy (non-hydrogen) atoms. The summed E-state index contributed by atoms with van der Waals surface area (Å²) in [5.74, 6) is 0.815. The number of likely N-dealkylation sites (tertiary alicyclic amines) is 1. The van der Waals surface area contributed by atoms with Crippen LogP contribution in [0.5, 0.6) is 5.75 Å². The van der Waals surface area contributed by atoms with Crippen LogP contribution in [0, 0.1) is 16.0 Å². The number of benzene rings is 2. The minimum absolute atomic E-state index is 0.0238. The lowest BCUT2D eigenvalue weighted by Gasteiger charge is -2.31. The van der Waals surface area contributed by atoms with E-state index in [1.807, 2.05) is 12.1 Å². The van der Waals surface area contributed by atoms with Crippen LogP contribution in [-0.4, -0.2) is 40.5 Å². The number of aryl methyl sites for hydroxylation is 1. The Bertz CT molecular complexity index is 865. The fourth-order valence-corrected chi connectivity index (χ4v) is 4.04. The van der Waals surface area contributed by atoms with Crippen LogP contribution in [0.15, 0.2) is 46.9 Å². The number of hydrogen-bond donors (Lipinski definition) is 2. The van der Waals surface area contributed by atoms with Crippen LogP contribution in [0.3, 0.4) is 0 Å². The van der Waals surface area contributed by atoms with Gasteiger partial charge in [-0.05, 0) is 84.4 Å². The van der Waals surface area contributed by atoms with Gasteiger partial charge in [-0.2, -0.15) is 0 Å². The molecule has 0 aromatic heterocycles. The van der Waals surface area contributed by atoms with Gasteiger partial charge in [-0.3, -0.25) is 19.8 Å². The molecular formula is C21H24BrN3O4. The van der Waals surface area contributed by atoms with E-state index in [0.717, 1.165) is 38.8 Å². The van der Waals surface area contributed by atoms with Crippen molar-refractivity contribution in [3.05, 3.63) is 62.6 Å². The van der Waals surface area contributed by atoms with Gasteiger partial charge in [0, 0.05) is 16.6 Å². The number of phenolic OH excluding ortho intramolecular Hbond substituents is 1. The van der Waals surface area contributed by atoms with Crippen molar-refractivity contribution >= 4 is 33.2 Å². The fourth-order valence-electron chi connectivity index (χ4n) is 3.58. The van der Waals surface area contributed by atoms with Crippen molar-refractivity contribution in [3.8, 4) is 5.75 Å². The monoisotopic (exact) mass is 461 g/mol. The first-order chi connectivity index (χ1) is 13.9. The van der Waals surface area contributed by atoms with E-state index < -0.39 is 4.92 Å². The Labute approximate surface area is 178 Å². The number of aromatic hydroxyl groups is 1. The molecule has 0 bridgehead atoms. The SMILES string of the molecule is O=C(CN1CCC(CCc2ccc(O)cc2)CC1)Nc1ccc([N+](=O)[O-])cc1Br. The number of nitrogens with zero attached hydrogens (tertiary/aromatic N) is 2. The maximum Gasteiger partial charge on any atom is 0.270 e. The molecule has 0 radical (unpaired) electrons. The zero-order valence-corrected chi connectivity index (χ0v) is 17.6. The van der Waals surface area contributed by atoms with E-state index in [0.29, 0.717) is 28.4 Å². The molecule has 154 valence electrons. The van der Waals surface area contributed by atoms with Crippen LogP contribution in [0.4, 0.5) is 11.4 Å². The molecule has 1 fully saturated rings. The molecule has 1 aliphatic rings. The van der Waals surface area contributed by atoms with Crippen molar-refractivity contribution in [2.45, 2.75) is 25.7 Å². The number of phenols is 1. The number of non-ortho nitro benzene ring substituents is 1. The predicted octanol–water partition coefficient (Wildman–Crippen LogP) is 4.35. The molecule has 0 aliphatic carbocycles. The van der Waals surface area contributed by atoms with E-state index in [9.17, 15) is 20.0 Å². The Balaban J connectivity index is 1.41. The number of nitrogens with one attached hydrogen (secondary N) is 1. The van der Waals surface area contributed by atoms with E-state index in [2.05, 4.69) is 26.1 Å². The van der Waals surface area contributed by atoms with Gasteiger partial charge in [0.25, 0.3) is 5.69 Å². The highest BCUT2D eigenvalue weighted by atomic mass is 79.9. The second kappa shape index (κ2) is 9.84. The standard InChI is InChI=1S/C21H24BrN3O4/c22-19-13-17(25(28)29)5-8-20(19)23-21(27)14-24-11-9-16(10-12-24)2-1-15-3-6-18(26)7-4-15/h3-8,13,16,26H,1-2,9-12,14H2,(H,23,27). The molecule has 1 saturated heterocycles. The predicted molar refractivity (Wildman–Crippen MR) is 115 cm³/mol. The third-order valence-electron chi connectivity index (χ3n) is 5.29. The Morgan fingerprint density at radius 1 is 1.21 bits per heavy atom. The summed E-state index contributed by atoms with van der Waals surface area (Å²) in [6.45, 7) is 2.08. The largest absolute Gasteiger partial charge is 0.508 e. The molecule has 3 rings (SSSR count). The number of piperidine rings is 1. The highest BCUT2D eigenvalue weighted by molar-refractivity contribution is 9.10. The summed E-state index contributed by atoms with van der Waals surface area (Å²) in [4.78, 5) is 24.8. The molecule has 0 atom stereocenters. The Kier molecular flexibility index (Phi) is 7.22. The quantitative estimate of drug-likeness (QED) is 0.471. The van der Waals surface area contributed by atoms with Gasteiger partial charge in [0.1, 0.15) is 5.75 Å². The minimum Gasteiger partial charge on any atom is -0.508 e. The molecule has 1 heterocycles. The average molecular weight is 462 g/mol. The van der Waals surface area contributed by atoms with Gasteiger partial charge in [0.15, 0.2) is 0 Å². The van der Waals surface area contributed by atoms with Gasteiger partial charge in [-0.1, -0.05) is 12.1 Å². The van der Waals surface area contributed by atoms with E-state index in [-0.39, 0.29) is 11.6 Å². The number of hydrogen-bond acceptors (Lipinski definition) is 5. The molecule has 2 N–H and O–H groups in total. The third kappa shape index (κ3) is 6.27. The van der Waals surface area contributed by atoms with Crippen molar-refractivity contribution in [3.63, 3.8) is 0 Å². The molecule has 7 nitrogen and oxygen atoms in total. The molecule has 0 spiro atoms. The summed E-state index contributed by atoms with van der Waals surface area (Å²) in [5, 5.41) is 23.0. The second-order valence-electron chi connectivity index (χ2n) is 7.39. The zero-order chi connectivity index (χ0) is 20.8. The number of carbonyl (C=O) groups excluding carboxylic acids is 1. The summed E-state index contributed by atoms with van der Waals surface area (Å²) in [6.07, 6.45) is 4.24. The average Bonchev–Trinajstić information content (AvgIpc) is 2.70. The number of halogens is 1. The fraction of sp³-hybridized carbons (Fsp3) is 0.381. The molecular weight excluding hydrogens is 438 g/mol. The van der Waals surface area contributed by atoms with Gasteiger partial charge in [-0.25, -0.2) is 0 Å². The lowest BCUT2D eigenvalue weighted by molar-refractivity contribution is -0.384. The van der Waals surface area contributed by atoms with E-state index >= 15 is 0 Å². The van der Waals surface area contributed by atoms with Crippen LogP contribution in [0.1, 0.15) is 24.8 Å². The first-order valence-electron chi connectivity index (χ1n) is 9.65. The van der Waals surface area contributed by atoms with E-state index in [1.165, 1.54) is 23.8 Å². The van der Waals surface area contributed by atoms with Gasteiger partial charge in [-0.15, -0.1) is 0 Å². The summed E-state index contributed by atoms with van der Waals surface area (Å²) >= 11 is 3.27. The van der Waals surface area contributed by atoms with Crippen LogP contribution < -0.4 is 5.32 Å². The number of anilines is 1. The van der Waals surface area contributed by atoms with Crippen LogP contribution in [-0.2, 0) is 11.2 Å². The van der Waals surface area contributed by atoms with Crippen molar-refractivity contribution in [1.82, 2.24) is 4.90 Å². The molecule has 1 amide bonds. The number of amides is 1. The van der Waals surface area contributed by atoms with Crippen molar-refractivity contribution in [1.29, 1.82) is 0 Å². The Hall–Kier alpha value is -2.45. The molecule has 2 aromatic carbocycles. The first-order valence-corrected chi connectivity index (χ1v) is 10.4. The number of rotatable bonds is 7. The van der Waals surface area contributed by atoms with Crippen molar-refractivity contribution in [2.24, 2.45) is 5.92 Å². The van der Waals surface area contributed by atoms with Gasteiger partial charge < -0.3 is 10.4 Å². The summed E-state index contributed by atoms with van der Waals surface area (Å²) in [6, 6.07) is 11.7. The van der Waals surface area contributed by atoms with Crippen molar-refractivity contribution < 1.29 is 14.8 Å². The summed E-state index contributed by atoms with van der Waals surface area (Å²) in [5.41, 5.74) is 1.74. The highest BCUT2D eigenvalue weighted by Crippen LogP contribution is 2.27. The number of carbonyl (C=O) groups is 1. The molecule has 0 unspecified atom stereocenters. The third-order valence-corrected chi connectivity index (χ3v) is 5.95. The summed E-state index contributed by atoms with van der Waals surface area (Å²) < 4.78 is 0.494. The Morgan fingerprint density at radius 2 is 1.90 bits per heavy atom. The number of nitro benzene ring substituents is 1. The normalized spacial score (nSPS) is 15.2. The molecule has 0 saturated carbocycles. The lowest BCUT2D eigenvalue weighted by Crippen LogP contribution is -2.39. The summed E-state index contributed by atoms with van der Waals surface area (Å²) in [7, 11) is 0. The van der Waals surface area contributed by atoms with Crippen molar-refractivity contribution in [2.75, 3.05) is 25.0 Å². The zero-order valence-electron chi connectivity index (χ0n) is 16.0. The number of nitro groups is 1. The van der Waals surface area contributed by atoms with Crippen LogP contribution in [0.25, 0.3) is 0 Å². The molecule has 8 heteroatoms. The Morgan fingerprint density at radius 3 is 2.52 bits per heavy atom. The maximum atomic E-state index is 12.3. The van der Waals surface area contributed by atoms with Crippen LogP contribution >= 0.6 is 15.9 Å². The smallest absolute Gasteiger partial charge is 0.270 e. The maximum absolute atomic E-state index is 12.3. The minimum atomic E-state index is -0.470. The van der Waals surface area contributed by atoms with Gasteiger partial charge >= 0.3 is 0 Å². The second-order valence-corrected chi connectivity index (χ2v) is 8.25. The van der Waals surface area contributed by atoms with E-state index in [1.54, 1.807) is 12.1 Å². The highest BCUT2D eigenvalue weighted by Gasteiger charge is 2.21. The molecule has 2 aromatic rings. The van der Waals surface area contributed by atoms with Gasteiger partial charge in [0.2, 0.25) is 5.91 Å². The topological polar surface area (TPSA) is 95.7 Å².